The molecular formula is C27H28N4O4S2. The Morgan fingerprint density at radius 2 is 1.76 bits per heavy atom. The summed E-state index contributed by atoms with van der Waals surface area (Å²) in [5.74, 6) is 0.674. The third kappa shape index (κ3) is 5.37. The van der Waals surface area contributed by atoms with Crippen LogP contribution in [0.5, 0.6) is 0 Å². The second-order valence-electron chi connectivity index (χ2n) is 8.80. The Kier molecular flexibility index (Phi) is 7.25. The number of aryl methyl sites for hydroxylation is 2. The summed E-state index contributed by atoms with van der Waals surface area (Å²) < 4.78 is 40.0. The molecule has 2 aromatic heterocycles. The summed E-state index contributed by atoms with van der Waals surface area (Å²) in [5.41, 5.74) is 5.69. The molecule has 0 unspecified atom stereocenters. The van der Waals surface area contributed by atoms with Crippen LogP contribution in [0.15, 0.2) is 85.6 Å². The molecule has 1 aliphatic rings. The van der Waals surface area contributed by atoms with Crippen molar-refractivity contribution in [3.05, 3.63) is 87.9 Å². The van der Waals surface area contributed by atoms with Gasteiger partial charge in [0.25, 0.3) is 0 Å². The first kappa shape index (κ1) is 25.3. The standard InChI is InChI=1S/C27H28N4O4S2/c1-19-6-7-22(17-20(19)2)25-18-36-27(31(25)29-21(3)26-5-4-14-35-26)28-23-8-10-24(11-9-23)37(32,33)30-12-15-34-16-13-30/h4-11,14,17-18H,12-13,15-16H2,1-3H3. The number of furan rings is 1. The van der Waals surface area contributed by atoms with Crippen LogP contribution in [0.25, 0.3) is 11.3 Å². The number of ether oxygens (including phenoxy) is 1. The van der Waals surface area contributed by atoms with Gasteiger partial charge in [-0.1, -0.05) is 12.1 Å². The summed E-state index contributed by atoms with van der Waals surface area (Å²) >= 11 is 1.47. The first-order valence-electron chi connectivity index (χ1n) is 11.9. The lowest BCUT2D eigenvalue weighted by Gasteiger charge is -2.26. The average Bonchev–Trinajstić information content (AvgIpc) is 3.58. The Balaban J connectivity index is 1.55. The molecule has 5 rings (SSSR count). The van der Waals surface area contributed by atoms with Gasteiger partial charge in [0, 0.05) is 24.0 Å². The van der Waals surface area contributed by atoms with E-state index in [0.29, 0.717) is 48.3 Å². The molecule has 2 aromatic carbocycles. The Labute approximate surface area is 220 Å². The van der Waals surface area contributed by atoms with Crippen LogP contribution in [-0.2, 0) is 14.8 Å². The van der Waals surface area contributed by atoms with E-state index in [0.717, 1.165) is 11.3 Å². The summed E-state index contributed by atoms with van der Waals surface area (Å²) in [4.78, 5) is 5.71. The molecule has 4 aromatic rings. The fourth-order valence-corrected chi connectivity index (χ4v) is 6.25. The lowest BCUT2D eigenvalue weighted by atomic mass is 10.1. The van der Waals surface area contributed by atoms with E-state index in [4.69, 9.17) is 19.2 Å². The van der Waals surface area contributed by atoms with Gasteiger partial charge in [0.05, 0.1) is 35.8 Å². The molecule has 3 heterocycles. The number of hydrogen-bond acceptors (Lipinski definition) is 7. The third-order valence-electron chi connectivity index (χ3n) is 6.29. The Bertz CT molecular complexity index is 1590. The molecule has 0 radical (unpaired) electrons. The van der Waals surface area contributed by atoms with Gasteiger partial charge in [0.2, 0.25) is 14.8 Å². The molecule has 0 aliphatic carbocycles. The van der Waals surface area contributed by atoms with Crippen molar-refractivity contribution >= 4 is 32.8 Å². The smallest absolute Gasteiger partial charge is 0.243 e. The highest BCUT2D eigenvalue weighted by Crippen LogP contribution is 2.25. The van der Waals surface area contributed by atoms with Crippen LogP contribution in [0.2, 0.25) is 0 Å². The topological polar surface area (TPSA) is 89.4 Å². The number of sulfonamides is 1. The van der Waals surface area contributed by atoms with Gasteiger partial charge in [-0.15, -0.1) is 11.3 Å². The molecule has 1 saturated heterocycles. The van der Waals surface area contributed by atoms with E-state index < -0.39 is 10.0 Å². The van der Waals surface area contributed by atoms with E-state index in [1.54, 1.807) is 30.5 Å². The highest BCUT2D eigenvalue weighted by molar-refractivity contribution is 7.89. The Morgan fingerprint density at radius 3 is 2.43 bits per heavy atom. The van der Waals surface area contributed by atoms with Crippen molar-refractivity contribution in [2.75, 3.05) is 26.3 Å². The number of nitrogens with zero attached hydrogens (tertiary/aromatic N) is 4. The Hall–Kier alpha value is -3.31. The van der Waals surface area contributed by atoms with Crippen LogP contribution < -0.4 is 4.80 Å². The number of benzene rings is 2. The lowest BCUT2D eigenvalue weighted by molar-refractivity contribution is 0.0730. The van der Waals surface area contributed by atoms with Crippen LogP contribution in [-0.4, -0.2) is 49.4 Å². The molecule has 0 bridgehead atoms. The maximum atomic E-state index is 13.0. The summed E-state index contributed by atoms with van der Waals surface area (Å²) in [6.45, 7) is 7.60. The highest BCUT2D eigenvalue weighted by atomic mass is 32.2. The molecule has 0 amide bonds. The molecule has 0 N–H and O–H groups in total. The molecule has 0 saturated carbocycles. The van der Waals surface area contributed by atoms with Crippen molar-refractivity contribution in [1.29, 1.82) is 0 Å². The van der Waals surface area contributed by atoms with E-state index in [-0.39, 0.29) is 4.90 Å². The second-order valence-corrected chi connectivity index (χ2v) is 11.6. The quantitative estimate of drug-likeness (QED) is 0.326. The van der Waals surface area contributed by atoms with Gasteiger partial charge in [0.15, 0.2) is 0 Å². The van der Waals surface area contributed by atoms with E-state index in [1.807, 2.05) is 29.1 Å². The van der Waals surface area contributed by atoms with Crippen LogP contribution in [0.3, 0.4) is 0 Å². The van der Waals surface area contributed by atoms with Crippen molar-refractivity contribution in [2.24, 2.45) is 10.1 Å². The van der Waals surface area contributed by atoms with Crippen molar-refractivity contribution in [3.8, 4) is 11.3 Å². The monoisotopic (exact) mass is 536 g/mol. The predicted octanol–water partition coefficient (Wildman–Crippen LogP) is 4.95. The zero-order valence-electron chi connectivity index (χ0n) is 20.9. The minimum absolute atomic E-state index is 0.245. The molecule has 1 aliphatic heterocycles. The maximum absolute atomic E-state index is 13.0. The minimum atomic E-state index is -3.56. The van der Waals surface area contributed by atoms with Crippen molar-refractivity contribution in [1.82, 2.24) is 8.98 Å². The van der Waals surface area contributed by atoms with Crippen molar-refractivity contribution in [3.63, 3.8) is 0 Å². The highest BCUT2D eigenvalue weighted by Gasteiger charge is 2.26. The van der Waals surface area contributed by atoms with Gasteiger partial charge in [-0.25, -0.2) is 18.1 Å². The normalized spacial score (nSPS) is 15.9. The lowest BCUT2D eigenvalue weighted by Crippen LogP contribution is -2.40. The SMILES string of the molecule is CC(=Nn1c(-c2ccc(C)c(C)c2)csc1=Nc1ccc(S(=O)(=O)N2CCOCC2)cc1)c1ccco1. The summed E-state index contributed by atoms with van der Waals surface area (Å²) in [6, 6.07) is 16.6. The third-order valence-corrected chi connectivity index (χ3v) is 9.01. The maximum Gasteiger partial charge on any atom is 0.243 e. The average molecular weight is 537 g/mol. The molecular weight excluding hydrogens is 508 g/mol. The van der Waals surface area contributed by atoms with Crippen molar-refractivity contribution in [2.45, 2.75) is 25.7 Å². The van der Waals surface area contributed by atoms with Crippen LogP contribution in [0.1, 0.15) is 23.8 Å². The zero-order valence-corrected chi connectivity index (χ0v) is 22.6. The van der Waals surface area contributed by atoms with Crippen molar-refractivity contribution < 1.29 is 17.6 Å². The molecule has 0 atom stereocenters. The van der Waals surface area contributed by atoms with Gasteiger partial charge in [-0.2, -0.15) is 9.41 Å². The number of aromatic nitrogens is 1. The fraction of sp³-hybridized carbons (Fsp3) is 0.259. The van der Waals surface area contributed by atoms with Gasteiger partial charge >= 0.3 is 0 Å². The van der Waals surface area contributed by atoms with E-state index in [2.05, 4.69) is 32.0 Å². The minimum Gasteiger partial charge on any atom is -0.463 e. The summed E-state index contributed by atoms with van der Waals surface area (Å²) in [6.07, 6.45) is 1.62. The molecule has 0 spiro atoms. The molecule has 1 fully saturated rings. The second kappa shape index (κ2) is 10.6. The fourth-order valence-electron chi connectivity index (χ4n) is 4.00. The van der Waals surface area contributed by atoms with Gasteiger partial charge in [-0.05, 0) is 74.4 Å². The van der Waals surface area contributed by atoms with E-state index in [1.165, 1.54) is 26.8 Å². The summed E-state index contributed by atoms with van der Waals surface area (Å²) in [5, 5.41) is 6.87. The zero-order chi connectivity index (χ0) is 26.0. The summed E-state index contributed by atoms with van der Waals surface area (Å²) in [7, 11) is -3.56. The largest absolute Gasteiger partial charge is 0.463 e. The predicted molar refractivity (Wildman–Crippen MR) is 145 cm³/mol. The van der Waals surface area contributed by atoms with Crippen LogP contribution in [0, 0.1) is 13.8 Å². The molecule has 192 valence electrons. The molecule has 10 heteroatoms. The van der Waals surface area contributed by atoms with Crippen LogP contribution in [0.4, 0.5) is 5.69 Å². The first-order valence-corrected chi connectivity index (χ1v) is 14.3. The Morgan fingerprint density at radius 1 is 1.00 bits per heavy atom. The first-order chi connectivity index (χ1) is 17.8. The molecule has 37 heavy (non-hydrogen) atoms. The van der Waals surface area contributed by atoms with Gasteiger partial charge in [0.1, 0.15) is 11.5 Å². The van der Waals surface area contributed by atoms with Crippen LogP contribution >= 0.6 is 11.3 Å². The van der Waals surface area contributed by atoms with E-state index >= 15 is 0 Å². The van der Waals surface area contributed by atoms with Gasteiger partial charge in [-0.3, -0.25) is 0 Å². The number of morpholine rings is 1. The van der Waals surface area contributed by atoms with E-state index in [9.17, 15) is 8.42 Å². The molecule has 8 nitrogen and oxygen atoms in total. The number of thiazole rings is 1. The number of rotatable bonds is 6. The van der Waals surface area contributed by atoms with Gasteiger partial charge < -0.3 is 9.15 Å². The number of hydrogen-bond donors (Lipinski definition) is 0.